The Labute approximate surface area is 123 Å². The molecule has 0 radical (unpaired) electrons. The van der Waals surface area contributed by atoms with Crippen molar-refractivity contribution in [1.82, 2.24) is 10.2 Å². The van der Waals surface area contributed by atoms with Gasteiger partial charge < -0.3 is 11.1 Å². The average molecular weight is 297 g/mol. The maximum absolute atomic E-state index is 13.2. The number of likely N-dealkylation sites (tertiary alicyclic amines) is 1. The molecule has 6 heteroatoms. The fourth-order valence-corrected chi connectivity index (χ4v) is 2.46. The first-order valence-electron chi connectivity index (χ1n) is 7.18. The van der Waals surface area contributed by atoms with Crippen molar-refractivity contribution in [2.75, 3.05) is 13.1 Å². The number of hydrogen-bond acceptors (Lipinski definition) is 3. The van der Waals surface area contributed by atoms with Gasteiger partial charge in [0.05, 0.1) is 6.04 Å². The largest absolute Gasteiger partial charge is 0.352 e. The Bertz CT molecular complexity index is 500. The molecule has 116 valence electrons. The van der Waals surface area contributed by atoms with Crippen molar-refractivity contribution >= 4 is 5.91 Å². The molecule has 0 aromatic heterocycles. The van der Waals surface area contributed by atoms with E-state index >= 15 is 0 Å². The summed E-state index contributed by atoms with van der Waals surface area (Å²) in [6.07, 6.45) is 1.67. The number of rotatable bonds is 4. The second-order valence-corrected chi connectivity index (χ2v) is 5.60. The molecule has 4 nitrogen and oxygen atoms in total. The van der Waals surface area contributed by atoms with Crippen LogP contribution in [0.3, 0.4) is 0 Å². The van der Waals surface area contributed by atoms with Gasteiger partial charge in [-0.05, 0) is 37.5 Å². The van der Waals surface area contributed by atoms with Gasteiger partial charge in [0.25, 0.3) is 0 Å². The summed E-state index contributed by atoms with van der Waals surface area (Å²) in [6, 6.07) is 3.64. The molecule has 0 saturated carbocycles. The Morgan fingerprint density at radius 3 is 2.62 bits per heavy atom. The highest BCUT2D eigenvalue weighted by molar-refractivity contribution is 5.81. The summed E-state index contributed by atoms with van der Waals surface area (Å²) in [5.41, 5.74) is 6.28. The van der Waals surface area contributed by atoms with E-state index in [1.165, 1.54) is 6.07 Å². The van der Waals surface area contributed by atoms with Crippen LogP contribution in [-0.4, -0.2) is 36.0 Å². The lowest BCUT2D eigenvalue weighted by atomic mass is 10.0. The van der Waals surface area contributed by atoms with Gasteiger partial charge in [-0.3, -0.25) is 9.69 Å². The topological polar surface area (TPSA) is 58.4 Å². The molecule has 1 amide bonds. The second kappa shape index (κ2) is 6.95. The van der Waals surface area contributed by atoms with Crippen LogP contribution in [0.15, 0.2) is 18.2 Å². The van der Waals surface area contributed by atoms with E-state index in [1.807, 2.05) is 0 Å². The smallest absolute Gasteiger partial charge is 0.236 e. The van der Waals surface area contributed by atoms with Crippen LogP contribution < -0.4 is 11.1 Å². The molecule has 0 spiro atoms. The summed E-state index contributed by atoms with van der Waals surface area (Å²) >= 11 is 0. The van der Waals surface area contributed by atoms with Crippen LogP contribution >= 0.6 is 0 Å². The van der Waals surface area contributed by atoms with Gasteiger partial charge in [-0.25, -0.2) is 8.78 Å². The highest BCUT2D eigenvalue weighted by Gasteiger charge is 2.21. The molecule has 0 aliphatic carbocycles. The molecule has 21 heavy (non-hydrogen) atoms. The number of nitrogens with one attached hydrogen (secondary N) is 1. The SMILES string of the molecule is CC(N)C(=O)NC1CCN(Cc2ccc(F)c(F)c2)CC1. The van der Waals surface area contributed by atoms with E-state index in [2.05, 4.69) is 10.2 Å². The molecule has 0 bridgehead atoms. The molecule has 1 aliphatic rings. The zero-order chi connectivity index (χ0) is 15.4. The van der Waals surface area contributed by atoms with Crippen molar-refractivity contribution in [3.8, 4) is 0 Å². The van der Waals surface area contributed by atoms with Crippen molar-refractivity contribution in [1.29, 1.82) is 0 Å². The summed E-state index contributed by atoms with van der Waals surface area (Å²) in [5.74, 6) is -1.77. The summed E-state index contributed by atoms with van der Waals surface area (Å²) in [4.78, 5) is 13.7. The second-order valence-electron chi connectivity index (χ2n) is 5.60. The zero-order valence-electron chi connectivity index (χ0n) is 12.1. The molecular weight excluding hydrogens is 276 g/mol. The van der Waals surface area contributed by atoms with E-state index in [4.69, 9.17) is 5.73 Å². The van der Waals surface area contributed by atoms with Gasteiger partial charge in [-0.1, -0.05) is 6.07 Å². The van der Waals surface area contributed by atoms with Gasteiger partial charge in [0.15, 0.2) is 11.6 Å². The van der Waals surface area contributed by atoms with Gasteiger partial charge in [-0.2, -0.15) is 0 Å². The minimum atomic E-state index is -0.823. The lowest BCUT2D eigenvalue weighted by Crippen LogP contribution is -2.48. The maximum atomic E-state index is 13.2. The van der Waals surface area contributed by atoms with Gasteiger partial charge in [0.2, 0.25) is 5.91 Å². The predicted molar refractivity (Wildman–Crippen MR) is 76.4 cm³/mol. The van der Waals surface area contributed by atoms with Crippen LogP contribution in [-0.2, 0) is 11.3 Å². The lowest BCUT2D eigenvalue weighted by molar-refractivity contribution is -0.123. The molecule has 1 aliphatic heterocycles. The van der Waals surface area contributed by atoms with Crippen molar-refractivity contribution in [2.24, 2.45) is 5.73 Å². The first-order chi connectivity index (χ1) is 9.95. The van der Waals surface area contributed by atoms with Crippen LogP contribution in [0, 0.1) is 11.6 Å². The third-order valence-electron chi connectivity index (χ3n) is 3.74. The Morgan fingerprint density at radius 2 is 2.05 bits per heavy atom. The predicted octanol–water partition coefficient (Wildman–Crippen LogP) is 1.39. The number of nitrogens with zero attached hydrogens (tertiary/aromatic N) is 1. The number of halogens is 2. The van der Waals surface area contributed by atoms with Crippen molar-refractivity contribution in [2.45, 2.75) is 38.4 Å². The molecule has 3 N–H and O–H groups in total. The van der Waals surface area contributed by atoms with Crippen molar-refractivity contribution < 1.29 is 13.6 Å². The number of benzene rings is 1. The minimum Gasteiger partial charge on any atom is -0.352 e. The number of nitrogens with two attached hydrogens (primary N) is 1. The third-order valence-corrected chi connectivity index (χ3v) is 3.74. The van der Waals surface area contributed by atoms with E-state index < -0.39 is 17.7 Å². The first kappa shape index (κ1) is 15.9. The number of hydrogen-bond donors (Lipinski definition) is 2. The van der Waals surface area contributed by atoms with E-state index in [0.29, 0.717) is 6.54 Å². The number of piperidine rings is 1. The van der Waals surface area contributed by atoms with Crippen molar-refractivity contribution in [3.05, 3.63) is 35.4 Å². The third kappa shape index (κ3) is 4.47. The molecule has 1 aromatic rings. The standard InChI is InChI=1S/C15H21F2N3O/c1-10(18)15(21)19-12-4-6-20(7-5-12)9-11-2-3-13(16)14(17)8-11/h2-3,8,10,12H,4-7,9,18H2,1H3,(H,19,21). The molecule has 1 aromatic carbocycles. The number of amides is 1. The minimum absolute atomic E-state index is 0.131. The lowest BCUT2D eigenvalue weighted by Gasteiger charge is -2.32. The Hall–Kier alpha value is -1.53. The molecule has 1 heterocycles. The van der Waals surface area contributed by atoms with E-state index in [0.717, 1.165) is 37.6 Å². The molecule has 1 saturated heterocycles. The highest BCUT2D eigenvalue weighted by Crippen LogP contribution is 2.15. The maximum Gasteiger partial charge on any atom is 0.236 e. The fraction of sp³-hybridized carbons (Fsp3) is 0.533. The Balaban J connectivity index is 1.81. The van der Waals surface area contributed by atoms with Gasteiger partial charge in [0, 0.05) is 25.7 Å². The number of carbonyl (C=O) groups excluding carboxylic acids is 1. The van der Waals surface area contributed by atoms with Crippen LogP contribution in [0.2, 0.25) is 0 Å². The van der Waals surface area contributed by atoms with Crippen LogP contribution in [0.1, 0.15) is 25.3 Å². The monoisotopic (exact) mass is 297 g/mol. The summed E-state index contributed by atoms with van der Waals surface area (Å²) in [5, 5.41) is 2.92. The first-order valence-corrected chi connectivity index (χ1v) is 7.18. The molecule has 1 unspecified atom stereocenters. The van der Waals surface area contributed by atoms with Gasteiger partial charge >= 0.3 is 0 Å². The summed E-state index contributed by atoms with van der Waals surface area (Å²) in [7, 11) is 0. The normalized spacial score (nSPS) is 18.5. The van der Waals surface area contributed by atoms with Crippen LogP contribution in [0.25, 0.3) is 0 Å². The Morgan fingerprint density at radius 1 is 1.38 bits per heavy atom. The molecule has 1 fully saturated rings. The quantitative estimate of drug-likeness (QED) is 0.883. The van der Waals surface area contributed by atoms with Crippen LogP contribution in [0.5, 0.6) is 0 Å². The molecule has 1 atom stereocenters. The van der Waals surface area contributed by atoms with Crippen molar-refractivity contribution in [3.63, 3.8) is 0 Å². The van der Waals surface area contributed by atoms with Crippen LogP contribution in [0.4, 0.5) is 8.78 Å². The summed E-state index contributed by atoms with van der Waals surface area (Å²) in [6.45, 7) is 3.87. The zero-order valence-corrected chi connectivity index (χ0v) is 12.1. The van der Waals surface area contributed by atoms with E-state index in [1.54, 1.807) is 13.0 Å². The van der Waals surface area contributed by atoms with Gasteiger partial charge in [0.1, 0.15) is 0 Å². The molecule has 2 rings (SSSR count). The molecular formula is C15H21F2N3O. The van der Waals surface area contributed by atoms with E-state index in [-0.39, 0.29) is 11.9 Å². The number of carbonyl (C=O) groups is 1. The average Bonchev–Trinajstić information content (AvgIpc) is 2.45. The van der Waals surface area contributed by atoms with E-state index in [9.17, 15) is 13.6 Å². The van der Waals surface area contributed by atoms with Gasteiger partial charge in [-0.15, -0.1) is 0 Å². The summed E-state index contributed by atoms with van der Waals surface area (Å²) < 4.78 is 26.0. The fourth-order valence-electron chi connectivity index (χ4n) is 2.46. The highest BCUT2D eigenvalue weighted by atomic mass is 19.2. The Kier molecular flexibility index (Phi) is 5.25.